The van der Waals surface area contributed by atoms with Crippen molar-refractivity contribution in [2.45, 2.75) is 20.1 Å². The third-order valence-corrected chi connectivity index (χ3v) is 1.41. The predicted molar refractivity (Wildman–Crippen MR) is 43.7 cm³/mol. The molecule has 0 spiro atoms. The van der Waals surface area contributed by atoms with E-state index in [1.165, 1.54) is 14.0 Å². The Morgan fingerprint density at radius 1 is 1.58 bits per heavy atom. The summed E-state index contributed by atoms with van der Waals surface area (Å²) < 4.78 is 9.73. The first-order chi connectivity index (χ1) is 5.54. The number of carbonyl (C=O) groups is 1. The molecule has 2 unspecified atom stereocenters. The highest BCUT2D eigenvalue weighted by Gasteiger charge is 2.24. The van der Waals surface area contributed by atoms with Gasteiger partial charge in [0.25, 0.3) is 0 Å². The summed E-state index contributed by atoms with van der Waals surface area (Å²) in [5.74, 6) is 0. The Kier molecular flexibility index (Phi) is 5.04. The van der Waals surface area contributed by atoms with E-state index in [1.54, 1.807) is 6.92 Å². The Morgan fingerprint density at radius 3 is 2.50 bits per heavy atom. The monoisotopic (exact) mass is 176 g/mol. The van der Waals surface area contributed by atoms with Gasteiger partial charge in [0.05, 0.1) is 18.6 Å². The molecule has 4 nitrogen and oxygen atoms in total. The molecule has 0 saturated carbocycles. The van der Waals surface area contributed by atoms with Crippen LogP contribution in [0.1, 0.15) is 13.8 Å². The second-order valence-electron chi connectivity index (χ2n) is 3.12. The van der Waals surface area contributed by atoms with Crippen LogP contribution in [0.25, 0.3) is 0 Å². The third-order valence-electron chi connectivity index (χ3n) is 1.41. The second kappa shape index (κ2) is 5.24. The van der Waals surface area contributed by atoms with E-state index in [-0.39, 0.29) is 6.61 Å². The largest absolute Gasteiger partial charge is 0.384 e. The zero-order valence-corrected chi connectivity index (χ0v) is 7.74. The van der Waals surface area contributed by atoms with Crippen molar-refractivity contribution in [3.05, 3.63) is 0 Å². The fraction of sp³-hybridized carbons (Fsp3) is 0.875. The average Bonchev–Trinajstić information content (AvgIpc) is 2.02. The summed E-state index contributed by atoms with van der Waals surface area (Å²) in [6.07, 6.45) is -0.0695. The number of aliphatic hydroxyl groups excluding tert-OH is 1. The minimum Gasteiger partial charge on any atom is -0.384 e. The maximum Gasteiger partial charge on any atom is 0.151 e. The maximum absolute atomic E-state index is 10.6. The quantitative estimate of drug-likeness (QED) is 0.463. The third kappa shape index (κ3) is 4.43. The molecule has 1 N–H and O–H groups in total. The summed E-state index contributed by atoms with van der Waals surface area (Å²) in [7, 11) is 1.52. The van der Waals surface area contributed by atoms with E-state index in [0.29, 0.717) is 6.61 Å². The summed E-state index contributed by atoms with van der Waals surface area (Å²) in [4.78, 5) is 10.6. The molecular weight excluding hydrogens is 160 g/mol. The van der Waals surface area contributed by atoms with Crippen LogP contribution in [0.4, 0.5) is 0 Å². The summed E-state index contributed by atoms with van der Waals surface area (Å²) in [6.45, 7) is 3.68. The highest BCUT2D eigenvalue weighted by molar-refractivity contribution is 5.59. The summed E-state index contributed by atoms with van der Waals surface area (Å²) in [5, 5.41) is 8.80. The highest BCUT2D eigenvalue weighted by Crippen LogP contribution is 2.13. The predicted octanol–water partition coefficient (Wildman–Crippen LogP) is 0.193. The van der Waals surface area contributed by atoms with E-state index in [4.69, 9.17) is 14.6 Å². The van der Waals surface area contributed by atoms with Crippen molar-refractivity contribution in [1.82, 2.24) is 0 Å². The first-order valence-electron chi connectivity index (χ1n) is 3.79. The Hall–Kier alpha value is -0.450. The minimum absolute atomic E-state index is 0.169. The molecule has 0 saturated heterocycles. The summed E-state index contributed by atoms with van der Waals surface area (Å²) in [5.41, 5.74) is -0.661. The fourth-order valence-electron chi connectivity index (χ4n) is 0.750. The van der Waals surface area contributed by atoms with Gasteiger partial charge >= 0.3 is 0 Å². The van der Waals surface area contributed by atoms with Gasteiger partial charge in [0.2, 0.25) is 0 Å². The Morgan fingerprint density at radius 2 is 2.17 bits per heavy atom. The highest BCUT2D eigenvalue weighted by atomic mass is 16.6. The van der Waals surface area contributed by atoms with Crippen molar-refractivity contribution < 1.29 is 19.4 Å². The topological polar surface area (TPSA) is 55.8 Å². The van der Waals surface area contributed by atoms with Crippen molar-refractivity contribution in [2.24, 2.45) is 5.41 Å². The van der Waals surface area contributed by atoms with Gasteiger partial charge in [-0.05, 0) is 13.8 Å². The standard InChI is InChI=1S/C8H16O4/c1-7(10)12-6-8(2,4-9)5-11-3/h4,7,10H,5-6H2,1-3H3. The normalized spacial score (nSPS) is 18.3. The molecule has 0 aromatic rings. The van der Waals surface area contributed by atoms with Gasteiger partial charge in [-0.1, -0.05) is 0 Å². The number of carbonyl (C=O) groups excluding carboxylic acids is 1. The first kappa shape index (κ1) is 11.6. The van der Waals surface area contributed by atoms with Gasteiger partial charge in [-0.3, -0.25) is 0 Å². The van der Waals surface area contributed by atoms with Crippen LogP contribution in [-0.2, 0) is 14.3 Å². The lowest BCUT2D eigenvalue weighted by molar-refractivity contribution is -0.138. The molecule has 0 fully saturated rings. The van der Waals surface area contributed by atoms with E-state index in [1.807, 2.05) is 0 Å². The average molecular weight is 176 g/mol. The number of hydrogen-bond donors (Lipinski definition) is 1. The number of methoxy groups -OCH3 is 1. The Balaban J connectivity index is 3.87. The van der Waals surface area contributed by atoms with E-state index in [9.17, 15) is 4.79 Å². The van der Waals surface area contributed by atoms with E-state index < -0.39 is 11.7 Å². The van der Waals surface area contributed by atoms with Gasteiger partial charge < -0.3 is 19.4 Å². The zero-order valence-electron chi connectivity index (χ0n) is 7.74. The van der Waals surface area contributed by atoms with Crippen molar-refractivity contribution in [3.63, 3.8) is 0 Å². The van der Waals surface area contributed by atoms with E-state index >= 15 is 0 Å². The molecule has 0 bridgehead atoms. The van der Waals surface area contributed by atoms with Crippen LogP contribution >= 0.6 is 0 Å². The van der Waals surface area contributed by atoms with Gasteiger partial charge in [0.15, 0.2) is 6.29 Å². The van der Waals surface area contributed by atoms with Gasteiger partial charge in [-0.15, -0.1) is 0 Å². The SMILES string of the molecule is COCC(C)(C=O)COC(C)O. The molecule has 12 heavy (non-hydrogen) atoms. The minimum atomic E-state index is -0.846. The molecule has 72 valence electrons. The van der Waals surface area contributed by atoms with Crippen LogP contribution in [0.5, 0.6) is 0 Å². The molecule has 0 heterocycles. The molecule has 0 radical (unpaired) electrons. The summed E-state index contributed by atoms with van der Waals surface area (Å²) in [6, 6.07) is 0. The van der Waals surface area contributed by atoms with Gasteiger partial charge in [-0.2, -0.15) is 0 Å². The molecular formula is C8H16O4. The van der Waals surface area contributed by atoms with Crippen LogP contribution in [0.2, 0.25) is 0 Å². The van der Waals surface area contributed by atoms with Crippen LogP contribution < -0.4 is 0 Å². The second-order valence-corrected chi connectivity index (χ2v) is 3.12. The molecule has 0 aromatic carbocycles. The molecule has 0 aliphatic heterocycles. The van der Waals surface area contributed by atoms with Crippen LogP contribution in [0, 0.1) is 5.41 Å². The molecule has 0 rings (SSSR count). The fourth-order valence-corrected chi connectivity index (χ4v) is 0.750. The lowest BCUT2D eigenvalue weighted by Gasteiger charge is -2.22. The molecule has 0 aliphatic carbocycles. The van der Waals surface area contributed by atoms with Gasteiger partial charge in [0.1, 0.15) is 6.29 Å². The van der Waals surface area contributed by atoms with Crippen LogP contribution in [0.15, 0.2) is 0 Å². The summed E-state index contributed by atoms with van der Waals surface area (Å²) >= 11 is 0. The van der Waals surface area contributed by atoms with Crippen LogP contribution in [-0.4, -0.2) is 38.0 Å². The van der Waals surface area contributed by atoms with Crippen molar-refractivity contribution in [1.29, 1.82) is 0 Å². The smallest absolute Gasteiger partial charge is 0.151 e. The number of ether oxygens (including phenoxy) is 2. The molecule has 0 amide bonds. The number of aldehydes is 1. The van der Waals surface area contributed by atoms with Crippen molar-refractivity contribution in [3.8, 4) is 0 Å². The van der Waals surface area contributed by atoms with Crippen molar-refractivity contribution in [2.75, 3.05) is 20.3 Å². The molecule has 0 aliphatic rings. The number of hydrogen-bond acceptors (Lipinski definition) is 4. The van der Waals surface area contributed by atoms with E-state index in [2.05, 4.69) is 0 Å². The molecule has 4 heteroatoms. The molecule has 2 atom stereocenters. The maximum atomic E-state index is 10.6. The lowest BCUT2D eigenvalue weighted by Crippen LogP contribution is -2.31. The number of rotatable bonds is 6. The van der Waals surface area contributed by atoms with Gasteiger partial charge in [0, 0.05) is 7.11 Å². The Labute approximate surface area is 72.5 Å². The first-order valence-corrected chi connectivity index (χ1v) is 3.79. The molecule has 0 aromatic heterocycles. The van der Waals surface area contributed by atoms with Crippen LogP contribution in [0.3, 0.4) is 0 Å². The van der Waals surface area contributed by atoms with Crippen molar-refractivity contribution >= 4 is 6.29 Å². The lowest BCUT2D eigenvalue weighted by atomic mass is 9.95. The number of aliphatic hydroxyl groups is 1. The zero-order chi connectivity index (χ0) is 9.61. The Bertz CT molecular complexity index is 135. The van der Waals surface area contributed by atoms with E-state index in [0.717, 1.165) is 6.29 Å². The van der Waals surface area contributed by atoms with Gasteiger partial charge in [-0.25, -0.2) is 0 Å².